The Hall–Kier alpha value is -1.63. The van der Waals surface area contributed by atoms with Crippen molar-refractivity contribution in [1.82, 2.24) is 15.1 Å². The monoisotopic (exact) mass is 383 g/mol. The van der Waals surface area contributed by atoms with Crippen molar-refractivity contribution in [2.75, 3.05) is 26.2 Å². The zero-order chi connectivity index (χ0) is 20.6. The molecule has 0 unspecified atom stereocenters. The van der Waals surface area contributed by atoms with Gasteiger partial charge in [0, 0.05) is 32.6 Å². The van der Waals surface area contributed by atoms with E-state index in [9.17, 15) is 14.4 Å². The van der Waals surface area contributed by atoms with Crippen molar-refractivity contribution < 1.29 is 19.1 Å². The van der Waals surface area contributed by atoms with Crippen molar-refractivity contribution in [3.8, 4) is 0 Å². The molecule has 7 heteroatoms. The Kier molecular flexibility index (Phi) is 9.22. The summed E-state index contributed by atoms with van der Waals surface area (Å²) in [6.07, 6.45) is 4.16. The van der Waals surface area contributed by atoms with Gasteiger partial charge in [-0.1, -0.05) is 6.92 Å². The molecule has 156 valence electrons. The average molecular weight is 384 g/mol. The summed E-state index contributed by atoms with van der Waals surface area (Å²) in [5.41, 5.74) is -0.584. The molecular formula is C20H37N3O4. The van der Waals surface area contributed by atoms with Crippen molar-refractivity contribution in [2.24, 2.45) is 0 Å². The number of hydrogen-bond acceptors (Lipinski definition) is 5. The lowest BCUT2D eigenvalue weighted by Crippen LogP contribution is -2.52. The molecule has 0 aromatic carbocycles. The van der Waals surface area contributed by atoms with Crippen molar-refractivity contribution in [2.45, 2.75) is 84.9 Å². The molecule has 1 fully saturated rings. The van der Waals surface area contributed by atoms with Gasteiger partial charge in [-0.3, -0.25) is 19.3 Å². The van der Waals surface area contributed by atoms with Gasteiger partial charge in [-0.2, -0.15) is 0 Å². The topological polar surface area (TPSA) is 79.0 Å². The van der Waals surface area contributed by atoms with Crippen LogP contribution in [0.1, 0.15) is 67.2 Å². The summed E-state index contributed by atoms with van der Waals surface area (Å²) in [6.45, 7) is 12.5. The fourth-order valence-electron chi connectivity index (χ4n) is 3.34. The van der Waals surface area contributed by atoms with Crippen molar-refractivity contribution >= 4 is 17.8 Å². The van der Waals surface area contributed by atoms with E-state index >= 15 is 0 Å². The summed E-state index contributed by atoms with van der Waals surface area (Å²) in [4.78, 5) is 40.4. The minimum atomic E-state index is -0.584. The third kappa shape index (κ3) is 8.28. The number of likely N-dealkylation sites (tertiary alicyclic amines) is 1. The van der Waals surface area contributed by atoms with E-state index in [1.54, 1.807) is 11.8 Å². The largest absolute Gasteiger partial charge is 0.459 e. The number of nitrogens with zero attached hydrogens (tertiary/aromatic N) is 2. The second kappa shape index (κ2) is 10.6. The van der Waals surface area contributed by atoms with Gasteiger partial charge in [0.2, 0.25) is 11.8 Å². The second-order valence-electron chi connectivity index (χ2n) is 8.31. The first-order valence-electron chi connectivity index (χ1n) is 10.1. The van der Waals surface area contributed by atoms with Gasteiger partial charge < -0.3 is 15.0 Å². The molecule has 0 radical (unpaired) electrons. The highest BCUT2D eigenvalue weighted by Crippen LogP contribution is 2.20. The summed E-state index contributed by atoms with van der Waals surface area (Å²) in [7, 11) is 0. The van der Waals surface area contributed by atoms with Crippen molar-refractivity contribution in [3.63, 3.8) is 0 Å². The van der Waals surface area contributed by atoms with Crippen molar-refractivity contribution in [3.05, 3.63) is 0 Å². The lowest BCUT2D eigenvalue weighted by Gasteiger charge is -2.37. The van der Waals surface area contributed by atoms with Crippen LogP contribution >= 0.6 is 0 Å². The van der Waals surface area contributed by atoms with E-state index in [4.69, 9.17) is 4.74 Å². The first-order chi connectivity index (χ1) is 12.5. The highest BCUT2D eigenvalue weighted by molar-refractivity contribution is 5.81. The summed E-state index contributed by atoms with van der Waals surface area (Å²) in [6, 6.07) is -0.285. The molecule has 1 rings (SSSR count). The van der Waals surface area contributed by atoms with Crippen LogP contribution in [0.2, 0.25) is 0 Å². The molecule has 1 aliphatic heterocycles. The normalized spacial score (nSPS) is 18.9. The van der Waals surface area contributed by atoms with E-state index in [0.29, 0.717) is 13.1 Å². The summed E-state index contributed by atoms with van der Waals surface area (Å²) in [5.74, 6) is -0.447. The third-order valence-electron chi connectivity index (χ3n) is 4.83. The maximum Gasteiger partial charge on any atom is 0.323 e. The number of ether oxygens (including phenoxy) is 1. The molecule has 0 aromatic rings. The first-order valence-corrected chi connectivity index (χ1v) is 10.1. The molecule has 7 nitrogen and oxygen atoms in total. The molecule has 2 amide bonds. The summed E-state index contributed by atoms with van der Waals surface area (Å²) in [5, 5.41) is 2.73. The minimum Gasteiger partial charge on any atom is -0.459 e. The van der Waals surface area contributed by atoms with Crippen LogP contribution < -0.4 is 5.32 Å². The maximum atomic E-state index is 12.9. The Morgan fingerprint density at radius 3 is 2.48 bits per heavy atom. The van der Waals surface area contributed by atoms with Gasteiger partial charge in [0.25, 0.3) is 0 Å². The SMILES string of the molecule is CC[C@@H]1CCCCN1C(=O)CN(CCNC(C)=O)[C@@H](C)C(=O)OC(C)(C)C. The Morgan fingerprint density at radius 2 is 1.93 bits per heavy atom. The molecule has 0 spiro atoms. The molecule has 27 heavy (non-hydrogen) atoms. The number of nitrogens with one attached hydrogen (secondary N) is 1. The first kappa shape index (κ1) is 23.4. The highest BCUT2D eigenvalue weighted by atomic mass is 16.6. The quantitative estimate of drug-likeness (QED) is 0.648. The van der Waals surface area contributed by atoms with Crippen LogP contribution in [0, 0.1) is 0 Å². The molecule has 0 aromatic heterocycles. The van der Waals surface area contributed by atoms with Crippen LogP contribution in [-0.2, 0) is 19.1 Å². The van der Waals surface area contributed by atoms with Gasteiger partial charge in [-0.05, 0) is 53.4 Å². The van der Waals surface area contributed by atoms with Gasteiger partial charge >= 0.3 is 5.97 Å². The number of hydrogen-bond donors (Lipinski definition) is 1. The number of rotatable bonds is 8. The molecule has 1 saturated heterocycles. The Balaban J connectivity index is 2.81. The van der Waals surface area contributed by atoms with Crippen LogP contribution in [0.15, 0.2) is 0 Å². The average Bonchev–Trinajstić information content (AvgIpc) is 2.58. The lowest BCUT2D eigenvalue weighted by molar-refractivity contribution is -0.161. The standard InChI is InChI=1S/C20H37N3O4/c1-7-17-10-8-9-12-23(17)18(25)14-22(13-11-21-16(3)24)15(2)19(26)27-20(4,5)6/h15,17H,7-14H2,1-6H3,(H,21,24)/t15-,17+/m0/s1. The van der Waals surface area contributed by atoms with Crippen molar-refractivity contribution in [1.29, 1.82) is 0 Å². The highest BCUT2D eigenvalue weighted by Gasteiger charge is 2.31. The fraction of sp³-hybridized carbons (Fsp3) is 0.850. The number of amides is 2. The van der Waals surface area contributed by atoms with E-state index < -0.39 is 11.6 Å². The Labute approximate surface area is 163 Å². The smallest absolute Gasteiger partial charge is 0.323 e. The Bertz CT molecular complexity index is 516. The Morgan fingerprint density at radius 1 is 1.26 bits per heavy atom. The lowest BCUT2D eigenvalue weighted by atomic mass is 10.00. The van der Waals surface area contributed by atoms with Crippen LogP contribution in [-0.4, -0.2) is 71.4 Å². The van der Waals surface area contributed by atoms with E-state index in [1.807, 2.05) is 25.7 Å². The predicted molar refractivity (Wildman–Crippen MR) is 105 cm³/mol. The molecule has 0 saturated carbocycles. The molecular weight excluding hydrogens is 346 g/mol. The molecule has 1 heterocycles. The minimum absolute atomic E-state index is 0.0415. The van der Waals surface area contributed by atoms with E-state index in [2.05, 4.69) is 12.2 Å². The summed E-state index contributed by atoms with van der Waals surface area (Å²) < 4.78 is 5.48. The zero-order valence-corrected chi connectivity index (χ0v) is 17.8. The summed E-state index contributed by atoms with van der Waals surface area (Å²) >= 11 is 0. The van der Waals surface area contributed by atoms with Gasteiger partial charge in [-0.25, -0.2) is 0 Å². The van der Waals surface area contributed by atoms with Crippen LogP contribution in [0.4, 0.5) is 0 Å². The number of piperidine rings is 1. The number of carbonyl (C=O) groups is 3. The number of esters is 1. The predicted octanol–water partition coefficient (Wildman–Crippen LogP) is 1.95. The molecule has 2 atom stereocenters. The van der Waals surface area contributed by atoms with E-state index in [0.717, 1.165) is 32.2 Å². The van der Waals surface area contributed by atoms with Crippen LogP contribution in [0.3, 0.4) is 0 Å². The van der Waals surface area contributed by atoms with Gasteiger partial charge in [0.05, 0.1) is 6.54 Å². The van der Waals surface area contributed by atoms with Gasteiger partial charge in [0.15, 0.2) is 0 Å². The zero-order valence-electron chi connectivity index (χ0n) is 17.8. The fourth-order valence-corrected chi connectivity index (χ4v) is 3.34. The van der Waals surface area contributed by atoms with Crippen LogP contribution in [0.25, 0.3) is 0 Å². The van der Waals surface area contributed by atoms with E-state index in [1.165, 1.54) is 6.92 Å². The molecule has 0 bridgehead atoms. The van der Waals surface area contributed by atoms with Gasteiger partial charge in [0.1, 0.15) is 11.6 Å². The second-order valence-corrected chi connectivity index (χ2v) is 8.31. The molecule has 1 N–H and O–H groups in total. The van der Waals surface area contributed by atoms with E-state index in [-0.39, 0.29) is 30.4 Å². The number of carbonyl (C=O) groups excluding carboxylic acids is 3. The third-order valence-corrected chi connectivity index (χ3v) is 4.83. The maximum absolute atomic E-state index is 12.9. The molecule has 0 aliphatic carbocycles. The van der Waals surface area contributed by atoms with Gasteiger partial charge in [-0.15, -0.1) is 0 Å². The molecule has 1 aliphatic rings. The van der Waals surface area contributed by atoms with Crippen LogP contribution in [0.5, 0.6) is 0 Å².